The molecule has 366 valence electrons. The number of carbonyl (C=O) groups is 3. The number of esters is 3. The second-order valence-corrected chi connectivity index (χ2v) is 16.7. The molecule has 0 saturated heterocycles. The third-order valence-electron chi connectivity index (χ3n) is 10.5. The summed E-state index contributed by atoms with van der Waals surface area (Å²) < 4.78 is 16.7. The molecule has 65 heavy (non-hydrogen) atoms. The van der Waals surface area contributed by atoms with Crippen molar-refractivity contribution in [3.05, 3.63) is 122 Å². The van der Waals surface area contributed by atoms with E-state index >= 15 is 0 Å². The van der Waals surface area contributed by atoms with Crippen LogP contribution in [0.5, 0.6) is 0 Å². The molecule has 0 saturated carbocycles. The highest BCUT2D eigenvalue weighted by atomic mass is 16.6. The molecule has 0 radical (unpaired) electrons. The first kappa shape index (κ1) is 60.8. The molecule has 0 fully saturated rings. The molecule has 0 aromatic rings. The third kappa shape index (κ3) is 50.7. The molecule has 0 aliphatic rings. The van der Waals surface area contributed by atoms with Gasteiger partial charge in [-0.1, -0.05) is 213 Å². The molecule has 6 nitrogen and oxygen atoms in total. The van der Waals surface area contributed by atoms with Crippen molar-refractivity contribution in [3.63, 3.8) is 0 Å². The van der Waals surface area contributed by atoms with Crippen LogP contribution < -0.4 is 0 Å². The van der Waals surface area contributed by atoms with E-state index in [4.69, 9.17) is 14.2 Å². The lowest BCUT2D eigenvalue weighted by Crippen LogP contribution is -2.30. The second-order valence-electron chi connectivity index (χ2n) is 16.7. The topological polar surface area (TPSA) is 78.9 Å². The van der Waals surface area contributed by atoms with Crippen molar-refractivity contribution < 1.29 is 28.6 Å². The Hall–Kier alpha value is -4.19. The van der Waals surface area contributed by atoms with E-state index in [9.17, 15) is 14.4 Å². The van der Waals surface area contributed by atoms with Crippen molar-refractivity contribution in [2.75, 3.05) is 13.2 Å². The van der Waals surface area contributed by atoms with Gasteiger partial charge >= 0.3 is 17.9 Å². The fourth-order valence-corrected chi connectivity index (χ4v) is 6.62. The van der Waals surface area contributed by atoms with E-state index < -0.39 is 6.10 Å². The van der Waals surface area contributed by atoms with Crippen molar-refractivity contribution in [1.29, 1.82) is 0 Å². The average Bonchev–Trinajstić information content (AvgIpc) is 3.30. The first-order valence-electron chi connectivity index (χ1n) is 26.0. The molecule has 1 atom stereocenters. The molecule has 0 aromatic carbocycles. The van der Waals surface area contributed by atoms with Gasteiger partial charge in [0.2, 0.25) is 0 Å². The summed E-state index contributed by atoms with van der Waals surface area (Å²) in [6.07, 6.45) is 71.9. The molecule has 6 heteroatoms. The Labute approximate surface area is 399 Å². The summed E-state index contributed by atoms with van der Waals surface area (Å²) in [5.74, 6) is -1.01. The van der Waals surface area contributed by atoms with E-state index in [1.54, 1.807) is 0 Å². The minimum atomic E-state index is -0.822. The van der Waals surface area contributed by atoms with Crippen LogP contribution in [-0.2, 0) is 28.6 Å². The van der Waals surface area contributed by atoms with E-state index in [0.29, 0.717) is 19.3 Å². The van der Waals surface area contributed by atoms with Crippen molar-refractivity contribution >= 4 is 17.9 Å². The lowest BCUT2D eigenvalue weighted by atomic mass is 10.1. The summed E-state index contributed by atoms with van der Waals surface area (Å²) in [5, 5.41) is 0. The van der Waals surface area contributed by atoms with Gasteiger partial charge in [0, 0.05) is 19.3 Å². The zero-order chi connectivity index (χ0) is 47.2. The highest BCUT2D eigenvalue weighted by Gasteiger charge is 2.19. The van der Waals surface area contributed by atoms with E-state index in [1.165, 1.54) is 51.4 Å². The Balaban J connectivity index is 4.54. The Kier molecular flexibility index (Phi) is 49.1. The molecule has 0 aromatic heterocycles. The number of unbranched alkanes of at least 4 members (excludes halogenated alkanes) is 14. The normalized spacial score (nSPS) is 13.1. The van der Waals surface area contributed by atoms with Gasteiger partial charge in [0.25, 0.3) is 0 Å². The smallest absolute Gasteiger partial charge is 0.306 e. The molecule has 0 amide bonds. The van der Waals surface area contributed by atoms with Crippen LogP contribution >= 0.6 is 0 Å². The number of rotatable bonds is 45. The molecule has 0 aliphatic carbocycles. The Morgan fingerprint density at radius 2 is 0.615 bits per heavy atom. The SMILES string of the molecule is CC/C=C\C/C=C\C/C=C\C/C=C\C/C=C\CCCCCC(=O)OCC(COC(=O)CCCCCCCCCCCCC)OC(=O)CCC/C=C\C/C=C\C/C=C\C/C=C\C/C=C\CC. The lowest BCUT2D eigenvalue weighted by Gasteiger charge is -2.18. The standard InChI is InChI=1S/C59H94O6/c1-4-7-10-13-16-19-22-24-26-28-29-31-32-34-37-40-43-46-49-52-58(61)64-55-56(54-63-57(60)51-48-45-42-39-36-21-18-15-12-9-6-3)65-59(62)53-50-47-44-41-38-35-33-30-27-25-23-20-17-14-11-8-5-2/h7-8,10-11,16-17,19-20,24-27,29,31,33-35,37,41,44,56H,4-6,9,12-15,18,21-23,28,30,32,36,38-40,42-43,45-55H2,1-3H3/b10-7-,11-8-,19-16-,20-17-,26-24-,27-25-,31-29-,35-33-,37-34-,44-41-. The van der Waals surface area contributed by atoms with Crippen LogP contribution in [0.1, 0.15) is 213 Å². The summed E-state index contributed by atoms with van der Waals surface area (Å²) in [7, 11) is 0. The molecule has 0 heterocycles. The summed E-state index contributed by atoms with van der Waals surface area (Å²) >= 11 is 0. The van der Waals surface area contributed by atoms with Crippen molar-refractivity contribution in [2.45, 2.75) is 219 Å². The van der Waals surface area contributed by atoms with Crippen molar-refractivity contribution in [3.8, 4) is 0 Å². The highest BCUT2D eigenvalue weighted by molar-refractivity contribution is 5.71. The molecule has 0 bridgehead atoms. The maximum absolute atomic E-state index is 12.8. The van der Waals surface area contributed by atoms with E-state index in [2.05, 4.69) is 142 Å². The largest absolute Gasteiger partial charge is 0.462 e. The molecule has 0 N–H and O–H groups in total. The molecule has 1 unspecified atom stereocenters. The van der Waals surface area contributed by atoms with Crippen LogP contribution in [0, 0.1) is 0 Å². The van der Waals surface area contributed by atoms with Gasteiger partial charge < -0.3 is 14.2 Å². The molecule has 0 rings (SSSR count). The monoisotopic (exact) mass is 899 g/mol. The maximum atomic E-state index is 12.8. The van der Waals surface area contributed by atoms with Crippen LogP contribution in [0.2, 0.25) is 0 Å². The van der Waals surface area contributed by atoms with Gasteiger partial charge in [-0.2, -0.15) is 0 Å². The van der Waals surface area contributed by atoms with Crippen LogP contribution in [0.15, 0.2) is 122 Å². The quantitative estimate of drug-likeness (QED) is 0.0262. The Bertz CT molecular complexity index is 1400. The fourth-order valence-electron chi connectivity index (χ4n) is 6.62. The zero-order valence-corrected chi connectivity index (χ0v) is 41.7. The maximum Gasteiger partial charge on any atom is 0.306 e. The summed E-state index contributed by atoms with van der Waals surface area (Å²) in [6.45, 7) is 6.31. The second kappa shape index (κ2) is 52.4. The van der Waals surface area contributed by atoms with Crippen LogP contribution in [0.25, 0.3) is 0 Å². The predicted molar refractivity (Wildman–Crippen MR) is 279 cm³/mol. The van der Waals surface area contributed by atoms with E-state index in [-0.39, 0.29) is 37.5 Å². The molecule has 0 aliphatic heterocycles. The van der Waals surface area contributed by atoms with Gasteiger partial charge in [0.1, 0.15) is 13.2 Å². The highest BCUT2D eigenvalue weighted by Crippen LogP contribution is 2.13. The average molecular weight is 899 g/mol. The van der Waals surface area contributed by atoms with Crippen molar-refractivity contribution in [2.24, 2.45) is 0 Å². The summed E-state index contributed by atoms with van der Waals surface area (Å²) in [4.78, 5) is 38.0. The number of carbonyl (C=O) groups excluding carboxylic acids is 3. The van der Waals surface area contributed by atoms with Crippen LogP contribution in [0.4, 0.5) is 0 Å². The van der Waals surface area contributed by atoms with Gasteiger partial charge in [-0.25, -0.2) is 0 Å². The number of ether oxygens (including phenoxy) is 3. The first-order valence-corrected chi connectivity index (χ1v) is 26.0. The van der Waals surface area contributed by atoms with Gasteiger partial charge in [-0.15, -0.1) is 0 Å². The number of hydrogen-bond donors (Lipinski definition) is 0. The molecular weight excluding hydrogens is 805 g/mol. The molecule has 0 spiro atoms. The Morgan fingerprint density at radius 1 is 0.323 bits per heavy atom. The lowest BCUT2D eigenvalue weighted by molar-refractivity contribution is -0.167. The van der Waals surface area contributed by atoms with E-state index in [0.717, 1.165) is 116 Å². The Morgan fingerprint density at radius 3 is 0.985 bits per heavy atom. The summed E-state index contributed by atoms with van der Waals surface area (Å²) in [6, 6.07) is 0. The van der Waals surface area contributed by atoms with Crippen LogP contribution in [-0.4, -0.2) is 37.2 Å². The fraction of sp³-hybridized carbons (Fsp3) is 0.610. The zero-order valence-electron chi connectivity index (χ0n) is 41.7. The van der Waals surface area contributed by atoms with Gasteiger partial charge in [-0.3, -0.25) is 14.4 Å². The minimum absolute atomic E-state index is 0.113. The van der Waals surface area contributed by atoms with E-state index in [1.807, 2.05) is 0 Å². The first-order chi connectivity index (χ1) is 32.0. The number of hydrogen-bond acceptors (Lipinski definition) is 6. The number of allylic oxidation sites excluding steroid dienone is 20. The van der Waals surface area contributed by atoms with Gasteiger partial charge in [0.05, 0.1) is 0 Å². The van der Waals surface area contributed by atoms with Gasteiger partial charge in [-0.05, 0) is 103 Å². The van der Waals surface area contributed by atoms with Gasteiger partial charge in [0.15, 0.2) is 6.10 Å². The minimum Gasteiger partial charge on any atom is -0.462 e. The third-order valence-corrected chi connectivity index (χ3v) is 10.5. The summed E-state index contributed by atoms with van der Waals surface area (Å²) in [5.41, 5.74) is 0. The van der Waals surface area contributed by atoms with Crippen molar-refractivity contribution in [1.82, 2.24) is 0 Å². The van der Waals surface area contributed by atoms with Crippen LogP contribution in [0.3, 0.4) is 0 Å². The predicted octanol–water partition coefficient (Wildman–Crippen LogP) is 17.3. The molecular formula is C59H94O6.